The van der Waals surface area contributed by atoms with Gasteiger partial charge in [-0.3, -0.25) is 4.79 Å². The molecule has 1 N–H and O–H groups in total. The van der Waals surface area contributed by atoms with Crippen molar-refractivity contribution in [2.45, 2.75) is 50.7 Å². The Hall–Kier alpha value is -1.96. The smallest absolute Gasteiger partial charge is 0.231 e. The Bertz CT molecular complexity index is 786. The lowest BCUT2D eigenvalue weighted by atomic mass is 9.92. The summed E-state index contributed by atoms with van der Waals surface area (Å²) in [7, 11) is -2.94. The number of carbonyl (C=O) groups excluding carboxylic acids is 1. The second-order valence-corrected chi connectivity index (χ2v) is 9.84. The highest BCUT2D eigenvalue weighted by molar-refractivity contribution is 7.91. The molecule has 0 spiro atoms. The predicted molar refractivity (Wildman–Crippen MR) is 98.8 cm³/mol. The van der Waals surface area contributed by atoms with E-state index >= 15 is 0 Å². The van der Waals surface area contributed by atoms with E-state index in [9.17, 15) is 13.2 Å². The van der Waals surface area contributed by atoms with Crippen LogP contribution in [0.2, 0.25) is 0 Å². The predicted octanol–water partition coefficient (Wildman–Crippen LogP) is 2.05. The highest BCUT2D eigenvalue weighted by Crippen LogP contribution is 2.36. The Kier molecular flexibility index (Phi) is 5.16. The first-order valence-corrected chi connectivity index (χ1v) is 11.4. The molecule has 2 fully saturated rings. The molecule has 0 aromatic heterocycles. The molecule has 3 aliphatic rings. The van der Waals surface area contributed by atoms with Gasteiger partial charge in [0.2, 0.25) is 12.7 Å². The minimum Gasteiger partial charge on any atom is -0.490 e. The number of hydrogen-bond donors (Lipinski definition) is 1. The van der Waals surface area contributed by atoms with Crippen LogP contribution in [0.4, 0.5) is 0 Å². The van der Waals surface area contributed by atoms with Gasteiger partial charge in [-0.25, -0.2) is 8.42 Å². The van der Waals surface area contributed by atoms with Crippen molar-refractivity contribution in [1.29, 1.82) is 0 Å². The van der Waals surface area contributed by atoms with Gasteiger partial charge in [0, 0.05) is 18.0 Å². The summed E-state index contributed by atoms with van der Waals surface area (Å²) in [5, 5.41) is 3.11. The van der Waals surface area contributed by atoms with Crippen molar-refractivity contribution in [3.05, 3.63) is 18.2 Å². The van der Waals surface area contributed by atoms with E-state index in [1.807, 2.05) is 18.2 Å². The topological polar surface area (TPSA) is 90.9 Å². The molecule has 27 heavy (non-hydrogen) atoms. The van der Waals surface area contributed by atoms with Crippen LogP contribution in [0.25, 0.3) is 0 Å². The Labute approximate surface area is 159 Å². The average Bonchev–Trinajstić information content (AvgIpc) is 3.11. The highest BCUT2D eigenvalue weighted by Gasteiger charge is 2.31. The van der Waals surface area contributed by atoms with Crippen molar-refractivity contribution in [3.63, 3.8) is 0 Å². The van der Waals surface area contributed by atoms with E-state index < -0.39 is 9.84 Å². The molecule has 0 atom stereocenters. The number of rotatable bonds is 4. The molecule has 0 radical (unpaired) electrons. The molecule has 1 amide bonds. The van der Waals surface area contributed by atoms with Gasteiger partial charge in [-0.05, 0) is 50.7 Å². The minimum atomic E-state index is -2.94. The molecule has 8 heteroatoms. The van der Waals surface area contributed by atoms with Crippen molar-refractivity contribution in [2.75, 3.05) is 18.3 Å². The molecule has 2 heterocycles. The van der Waals surface area contributed by atoms with Crippen LogP contribution in [0, 0.1) is 5.92 Å². The van der Waals surface area contributed by atoms with Crippen molar-refractivity contribution in [1.82, 2.24) is 5.32 Å². The zero-order chi connectivity index (χ0) is 18.9. The standard InChI is InChI=1S/C19H25NO6S/c21-19(13-7-9-27(22,23)10-8-13)20-14-1-3-15(4-2-14)26-16-5-6-17-18(11-16)25-12-24-17/h5-6,11,13-15H,1-4,7-10,12H2,(H,20,21). The zero-order valence-electron chi connectivity index (χ0n) is 15.2. The van der Waals surface area contributed by atoms with Crippen molar-refractivity contribution < 1.29 is 27.4 Å². The van der Waals surface area contributed by atoms with E-state index in [-0.39, 0.29) is 42.3 Å². The molecule has 1 aliphatic carbocycles. The first-order valence-electron chi connectivity index (χ1n) is 9.56. The second kappa shape index (κ2) is 7.58. The minimum absolute atomic E-state index is 0.00467. The number of benzene rings is 1. The number of nitrogens with one attached hydrogen (secondary N) is 1. The van der Waals surface area contributed by atoms with Crippen molar-refractivity contribution >= 4 is 15.7 Å². The summed E-state index contributed by atoms with van der Waals surface area (Å²) in [6.07, 6.45) is 4.49. The van der Waals surface area contributed by atoms with Gasteiger partial charge < -0.3 is 19.5 Å². The molecule has 7 nitrogen and oxygen atoms in total. The summed E-state index contributed by atoms with van der Waals surface area (Å²) in [6, 6.07) is 5.74. The summed E-state index contributed by atoms with van der Waals surface area (Å²) in [5.41, 5.74) is 0. The first kappa shape index (κ1) is 18.4. The van der Waals surface area contributed by atoms with E-state index in [1.54, 1.807) is 0 Å². The van der Waals surface area contributed by atoms with Gasteiger partial charge in [0.05, 0.1) is 17.6 Å². The summed E-state index contributed by atoms with van der Waals surface area (Å²) < 4.78 is 39.7. The largest absolute Gasteiger partial charge is 0.490 e. The summed E-state index contributed by atoms with van der Waals surface area (Å²) in [6.45, 7) is 0.247. The molecule has 1 aromatic rings. The number of hydrogen-bond acceptors (Lipinski definition) is 6. The van der Waals surface area contributed by atoms with Gasteiger partial charge >= 0.3 is 0 Å². The third kappa shape index (κ3) is 4.48. The first-order chi connectivity index (χ1) is 13.0. The molecular formula is C19H25NO6S. The molecule has 1 saturated heterocycles. The third-order valence-electron chi connectivity index (χ3n) is 5.59. The molecular weight excluding hydrogens is 370 g/mol. The van der Waals surface area contributed by atoms with Crippen LogP contribution in [-0.4, -0.2) is 44.8 Å². The Morgan fingerprint density at radius 2 is 1.70 bits per heavy atom. The fourth-order valence-corrected chi connectivity index (χ4v) is 5.43. The SMILES string of the molecule is O=C(NC1CCC(Oc2ccc3c(c2)OCO3)CC1)C1CCS(=O)(=O)CC1. The Morgan fingerprint density at radius 1 is 1.00 bits per heavy atom. The van der Waals surface area contributed by atoms with Crippen LogP contribution in [0.1, 0.15) is 38.5 Å². The van der Waals surface area contributed by atoms with Gasteiger partial charge in [-0.15, -0.1) is 0 Å². The molecule has 1 saturated carbocycles. The van der Waals surface area contributed by atoms with E-state index in [4.69, 9.17) is 14.2 Å². The van der Waals surface area contributed by atoms with Crippen LogP contribution < -0.4 is 19.5 Å². The highest BCUT2D eigenvalue weighted by atomic mass is 32.2. The summed E-state index contributed by atoms with van der Waals surface area (Å²) in [4.78, 5) is 12.4. The number of ether oxygens (including phenoxy) is 3. The number of carbonyl (C=O) groups is 1. The average molecular weight is 395 g/mol. The molecule has 4 rings (SSSR count). The fraction of sp³-hybridized carbons (Fsp3) is 0.632. The summed E-state index contributed by atoms with van der Waals surface area (Å²) >= 11 is 0. The lowest BCUT2D eigenvalue weighted by molar-refractivity contribution is -0.126. The summed E-state index contributed by atoms with van der Waals surface area (Å²) in [5.74, 6) is 2.31. The lowest BCUT2D eigenvalue weighted by Crippen LogP contribution is -2.44. The van der Waals surface area contributed by atoms with E-state index in [0.29, 0.717) is 18.6 Å². The van der Waals surface area contributed by atoms with Crippen LogP contribution >= 0.6 is 0 Å². The van der Waals surface area contributed by atoms with Gasteiger partial charge in [0.25, 0.3) is 0 Å². The lowest BCUT2D eigenvalue weighted by Gasteiger charge is -2.31. The third-order valence-corrected chi connectivity index (χ3v) is 7.31. The van der Waals surface area contributed by atoms with Crippen LogP contribution in [0.5, 0.6) is 17.2 Å². The number of amides is 1. The van der Waals surface area contributed by atoms with Crippen molar-refractivity contribution in [3.8, 4) is 17.2 Å². The van der Waals surface area contributed by atoms with Crippen molar-refractivity contribution in [2.24, 2.45) is 5.92 Å². The number of fused-ring (bicyclic) bond motifs is 1. The molecule has 0 unspecified atom stereocenters. The molecule has 148 valence electrons. The second-order valence-electron chi connectivity index (χ2n) is 7.54. The van der Waals surface area contributed by atoms with Gasteiger partial charge in [-0.2, -0.15) is 0 Å². The Morgan fingerprint density at radius 3 is 2.44 bits per heavy atom. The zero-order valence-corrected chi connectivity index (χ0v) is 16.0. The molecule has 1 aromatic carbocycles. The Balaban J connectivity index is 1.23. The molecule has 2 aliphatic heterocycles. The van der Waals surface area contributed by atoms with Crippen LogP contribution in [0.3, 0.4) is 0 Å². The quantitative estimate of drug-likeness (QED) is 0.839. The monoisotopic (exact) mass is 395 g/mol. The van der Waals surface area contributed by atoms with E-state index in [1.165, 1.54) is 0 Å². The number of sulfone groups is 1. The maximum absolute atomic E-state index is 12.4. The maximum atomic E-state index is 12.4. The molecule has 0 bridgehead atoms. The van der Waals surface area contributed by atoms with Gasteiger partial charge in [-0.1, -0.05) is 0 Å². The normalized spacial score (nSPS) is 27.1. The van der Waals surface area contributed by atoms with E-state index in [0.717, 1.165) is 37.2 Å². The van der Waals surface area contributed by atoms with E-state index in [2.05, 4.69) is 5.32 Å². The fourth-order valence-electron chi connectivity index (χ4n) is 3.94. The van der Waals surface area contributed by atoms with Gasteiger partial charge in [0.1, 0.15) is 15.6 Å². The van der Waals surface area contributed by atoms with Gasteiger partial charge in [0.15, 0.2) is 11.5 Å². The van der Waals surface area contributed by atoms with Crippen LogP contribution in [-0.2, 0) is 14.6 Å². The van der Waals surface area contributed by atoms with Crippen LogP contribution in [0.15, 0.2) is 18.2 Å². The maximum Gasteiger partial charge on any atom is 0.231 e.